The summed E-state index contributed by atoms with van der Waals surface area (Å²) in [4.78, 5) is 11.3. The summed E-state index contributed by atoms with van der Waals surface area (Å²) in [6.07, 6.45) is -0.244. The van der Waals surface area contributed by atoms with E-state index in [2.05, 4.69) is 5.32 Å². The van der Waals surface area contributed by atoms with E-state index in [0.717, 1.165) is 0 Å². The maximum atomic E-state index is 11.3. The highest BCUT2D eigenvalue weighted by Crippen LogP contribution is 1.98. The number of benzene rings is 1. The van der Waals surface area contributed by atoms with Gasteiger partial charge in [0.05, 0.1) is 0 Å². The van der Waals surface area contributed by atoms with Crippen LogP contribution < -0.4 is 5.32 Å². The predicted octanol–water partition coefficient (Wildman–Crippen LogP) is 1.14. The molecule has 0 saturated heterocycles. The van der Waals surface area contributed by atoms with Gasteiger partial charge in [0.2, 0.25) is 0 Å². The highest BCUT2D eigenvalue weighted by molar-refractivity contribution is 5.94. The molecule has 1 aromatic rings. The van der Waals surface area contributed by atoms with Crippen LogP contribution in [0.5, 0.6) is 0 Å². The van der Waals surface area contributed by atoms with Gasteiger partial charge in [0.1, 0.15) is 6.23 Å². The van der Waals surface area contributed by atoms with E-state index in [-0.39, 0.29) is 5.91 Å². The van der Waals surface area contributed by atoms with Crippen molar-refractivity contribution < 1.29 is 9.90 Å². The van der Waals surface area contributed by atoms with Gasteiger partial charge in [-0.2, -0.15) is 0 Å². The molecule has 0 radical (unpaired) electrons. The minimum Gasteiger partial charge on any atom is -0.374 e. The third-order valence-electron chi connectivity index (χ3n) is 1.72. The molecule has 1 aromatic carbocycles. The summed E-state index contributed by atoms with van der Waals surface area (Å²) < 4.78 is 0. The molecule has 1 rings (SSSR count). The van der Waals surface area contributed by atoms with Gasteiger partial charge in [0.25, 0.3) is 5.91 Å². The molecule has 0 aromatic heterocycles. The number of nitrogens with one attached hydrogen (secondary N) is 1. The van der Waals surface area contributed by atoms with Crippen molar-refractivity contribution in [2.45, 2.75) is 19.6 Å². The summed E-state index contributed by atoms with van der Waals surface area (Å²) in [5, 5.41) is 11.6. The Morgan fingerprint density at radius 1 is 1.46 bits per heavy atom. The van der Waals surface area contributed by atoms with Gasteiger partial charge in [-0.1, -0.05) is 25.1 Å². The number of rotatable bonds is 3. The Kier molecular flexibility index (Phi) is 3.46. The second-order valence-corrected chi connectivity index (χ2v) is 2.76. The predicted molar refractivity (Wildman–Crippen MR) is 50.2 cm³/mol. The number of aliphatic hydroxyl groups is 1. The van der Waals surface area contributed by atoms with Gasteiger partial charge >= 0.3 is 0 Å². The third kappa shape index (κ3) is 2.87. The van der Waals surface area contributed by atoms with Gasteiger partial charge in [0.15, 0.2) is 0 Å². The van der Waals surface area contributed by atoms with Gasteiger partial charge < -0.3 is 10.4 Å². The first kappa shape index (κ1) is 9.74. The van der Waals surface area contributed by atoms with Crippen LogP contribution in [0.4, 0.5) is 0 Å². The smallest absolute Gasteiger partial charge is 0.253 e. The summed E-state index contributed by atoms with van der Waals surface area (Å²) in [6.45, 7) is 1.80. The van der Waals surface area contributed by atoms with E-state index in [1.54, 1.807) is 31.2 Å². The largest absolute Gasteiger partial charge is 0.374 e. The Bertz CT molecular complexity index is 272. The van der Waals surface area contributed by atoms with Crippen molar-refractivity contribution in [2.24, 2.45) is 0 Å². The van der Waals surface area contributed by atoms with Crippen LogP contribution in [0.3, 0.4) is 0 Å². The molecule has 1 amide bonds. The van der Waals surface area contributed by atoms with E-state index >= 15 is 0 Å². The molecule has 0 aliphatic carbocycles. The van der Waals surface area contributed by atoms with Crippen LogP contribution in [0, 0.1) is 0 Å². The average molecular weight is 179 g/mol. The lowest BCUT2D eigenvalue weighted by molar-refractivity contribution is 0.0776. The molecule has 0 saturated carbocycles. The lowest BCUT2D eigenvalue weighted by Crippen LogP contribution is -2.33. The highest BCUT2D eigenvalue weighted by Gasteiger charge is 2.07. The third-order valence-corrected chi connectivity index (χ3v) is 1.72. The zero-order valence-corrected chi connectivity index (χ0v) is 7.53. The fraction of sp³-hybridized carbons (Fsp3) is 0.300. The van der Waals surface area contributed by atoms with Crippen molar-refractivity contribution in [1.82, 2.24) is 5.32 Å². The van der Waals surface area contributed by atoms with Crippen LogP contribution in [-0.4, -0.2) is 17.2 Å². The van der Waals surface area contributed by atoms with Crippen LogP contribution in [0.2, 0.25) is 0 Å². The summed E-state index contributed by atoms with van der Waals surface area (Å²) in [5.41, 5.74) is 0.565. The van der Waals surface area contributed by atoms with Crippen molar-refractivity contribution in [3.63, 3.8) is 0 Å². The Labute approximate surface area is 77.4 Å². The molecule has 2 N–H and O–H groups in total. The minimum absolute atomic E-state index is 0.241. The first-order valence-electron chi connectivity index (χ1n) is 4.28. The highest BCUT2D eigenvalue weighted by atomic mass is 16.3. The number of amides is 1. The number of carbonyl (C=O) groups is 1. The molecule has 13 heavy (non-hydrogen) atoms. The van der Waals surface area contributed by atoms with Gasteiger partial charge in [0, 0.05) is 5.56 Å². The first-order chi connectivity index (χ1) is 6.24. The monoisotopic (exact) mass is 179 g/mol. The summed E-state index contributed by atoms with van der Waals surface area (Å²) in [6, 6.07) is 8.82. The molecule has 0 unspecified atom stereocenters. The quantitative estimate of drug-likeness (QED) is 0.684. The van der Waals surface area contributed by atoms with Crippen molar-refractivity contribution in [2.75, 3.05) is 0 Å². The number of hydrogen-bond acceptors (Lipinski definition) is 2. The molecule has 0 fully saturated rings. The average Bonchev–Trinajstić information content (AvgIpc) is 2.19. The van der Waals surface area contributed by atoms with Gasteiger partial charge in [-0.15, -0.1) is 0 Å². The Hall–Kier alpha value is -1.35. The second-order valence-electron chi connectivity index (χ2n) is 2.76. The number of carbonyl (C=O) groups excluding carboxylic acids is 1. The molecule has 0 aliphatic rings. The summed E-state index contributed by atoms with van der Waals surface area (Å²) in [7, 11) is 0. The molecule has 0 spiro atoms. The van der Waals surface area contributed by atoms with Crippen LogP contribution in [0.25, 0.3) is 0 Å². The van der Waals surface area contributed by atoms with Crippen molar-refractivity contribution in [1.29, 1.82) is 0 Å². The Morgan fingerprint density at radius 3 is 2.62 bits per heavy atom. The minimum atomic E-state index is -0.757. The van der Waals surface area contributed by atoms with Crippen LogP contribution in [0.15, 0.2) is 30.3 Å². The summed E-state index contributed by atoms with van der Waals surface area (Å²) in [5.74, 6) is -0.241. The zero-order valence-electron chi connectivity index (χ0n) is 7.53. The van der Waals surface area contributed by atoms with E-state index in [4.69, 9.17) is 5.11 Å². The van der Waals surface area contributed by atoms with E-state index in [9.17, 15) is 4.79 Å². The zero-order chi connectivity index (χ0) is 9.68. The number of aliphatic hydroxyl groups excluding tert-OH is 1. The molecule has 1 atom stereocenters. The second kappa shape index (κ2) is 4.62. The SMILES string of the molecule is CC[C@H](O)NC(=O)c1ccccc1. The Balaban J connectivity index is 2.59. The maximum absolute atomic E-state index is 11.3. The fourth-order valence-electron chi connectivity index (χ4n) is 0.926. The van der Waals surface area contributed by atoms with E-state index < -0.39 is 6.23 Å². The van der Waals surface area contributed by atoms with Crippen molar-refractivity contribution in [3.8, 4) is 0 Å². The maximum Gasteiger partial charge on any atom is 0.253 e. The van der Waals surface area contributed by atoms with Gasteiger partial charge in [-0.05, 0) is 18.6 Å². The number of hydrogen-bond donors (Lipinski definition) is 2. The molecule has 0 heterocycles. The van der Waals surface area contributed by atoms with E-state index in [1.165, 1.54) is 0 Å². The topological polar surface area (TPSA) is 49.3 Å². The molecule has 3 heteroatoms. The van der Waals surface area contributed by atoms with Crippen LogP contribution in [0.1, 0.15) is 23.7 Å². The van der Waals surface area contributed by atoms with Crippen LogP contribution >= 0.6 is 0 Å². The Morgan fingerprint density at radius 2 is 2.08 bits per heavy atom. The first-order valence-corrected chi connectivity index (χ1v) is 4.28. The van der Waals surface area contributed by atoms with Crippen molar-refractivity contribution in [3.05, 3.63) is 35.9 Å². The molecule has 0 bridgehead atoms. The van der Waals surface area contributed by atoms with Crippen LogP contribution in [-0.2, 0) is 0 Å². The standard InChI is InChI=1S/C10H13NO2/c1-2-9(12)11-10(13)8-6-4-3-5-7-8/h3-7,9,12H,2H2,1H3,(H,11,13)/t9-/m0/s1. The van der Waals surface area contributed by atoms with E-state index in [0.29, 0.717) is 12.0 Å². The summed E-state index contributed by atoms with van der Waals surface area (Å²) >= 11 is 0. The normalized spacial score (nSPS) is 12.2. The lowest BCUT2D eigenvalue weighted by atomic mass is 10.2. The molecular formula is C10H13NO2. The fourth-order valence-corrected chi connectivity index (χ4v) is 0.926. The molecular weight excluding hydrogens is 166 g/mol. The van der Waals surface area contributed by atoms with Crippen molar-refractivity contribution >= 4 is 5.91 Å². The molecule has 70 valence electrons. The molecule has 0 aliphatic heterocycles. The molecule has 3 nitrogen and oxygen atoms in total. The lowest BCUT2D eigenvalue weighted by Gasteiger charge is -2.09. The van der Waals surface area contributed by atoms with E-state index in [1.807, 2.05) is 6.07 Å². The van der Waals surface area contributed by atoms with Gasteiger partial charge in [-0.3, -0.25) is 4.79 Å². The van der Waals surface area contributed by atoms with Gasteiger partial charge in [-0.25, -0.2) is 0 Å².